The monoisotopic (exact) mass is 202 g/mol. The first-order valence-corrected chi connectivity index (χ1v) is 6.59. The predicted octanol–water partition coefficient (Wildman–Crippen LogP) is 4.69. The van der Waals surface area contributed by atoms with Crippen LogP contribution in [-0.2, 0) is 0 Å². The van der Waals surface area contributed by atoms with Crippen LogP contribution in [0.25, 0.3) is 0 Å². The molecule has 0 aromatic heterocycles. The topological polar surface area (TPSA) is 0 Å². The van der Waals surface area contributed by atoms with Crippen LogP contribution in [0.4, 0.5) is 0 Å². The molecule has 0 radical (unpaired) electrons. The van der Waals surface area contributed by atoms with Gasteiger partial charge in [-0.15, -0.1) is 0 Å². The third-order valence-corrected chi connectivity index (χ3v) is 3.19. The van der Waals surface area contributed by atoms with Crippen molar-refractivity contribution in [3.63, 3.8) is 0 Å². The van der Waals surface area contributed by atoms with Gasteiger partial charge in [0.15, 0.2) is 0 Å². The van der Waals surface area contributed by atoms with E-state index in [0.717, 1.165) is 11.7 Å². The molecule has 0 spiro atoms. The molecule has 0 N–H and O–H groups in total. The zero-order valence-corrected chi connectivity index (χ0v) is 10.3. The molecule has 0 aromatic rings. The van der Waals surface area contributed by atoms with Crippen molar-refractivity contribution in [2.45, 2.75) is 65.2 Å². The minimum absolute atomic E-state index is 0.884. The SMILES string of the molecule is CCCCCCCC(CS)CCC. The van der Waals surface area contributed by atoms with Gasteiger partial charge in [0, 0.05) is 0 Å². The summed E-state index contributed by atoms with van der Waals surface area (Å²) in [5.41, 5.74) is 0. The second-order valence-corrected chi connectivity index (χ2v) is 4.41. The molecule has 0 aliphatic rings. The third-order valence-electron chi connectivity index (χ3n) is 2.67. The molecule has 0 amide bonds. The molecule has 0 saturated carbocycles. The van der Waals surface area contributed by atoms with E-state index in [1.54, 1.807) is 0 Å². The van der Waals surface area contributed by atoms with Gasteiger partial charge in [-0.2, -0.15) is 12.6 Å². The second kappa shape index (κ2) is 10.4. The summed E-state index contributed by atoms with van der Waals surface area (Å²) in [6.45, 7) is 4.54. The van der Waals surface area contributed by atoms with Gasteiger partial charge in [-0.05, 0) is 24.5 Å². The predicted molar refractivity (Wildman–Crippen MR) is 65.6 cm³/mol. The van der Waals surface area contributed by atoms with E-state index in [1.165, 1.54) is 51.4 Å². The van der Waals surface area contributed by atoms with E-state index in [-0.39, 0.29) is 0 Å². The number of rotatable bonds is 9. The smallest absolute Gasteiger partial charge is 0.00695 e. The van der Waals surface area contributed by atoms with Gasteiger partial charge in [0.05, 0.1) is 0 Å². The molecule has 0 aliphatic carbocycles. The van der Waals surface area contributed by atoms with Gasteiger partial charge >= 0.3 is 0 Å². The first-order valence-electron chi connectivity index (χ1n) is 5.96. The minimum Gasteiger partial charge on any atom is -0.179 e. The maximum absolute atomic E-state index is 4.39. The van der Waals surface area contributed by atoms with Gasteiger partial charge < -0.3 is 0 Å². The van der Waals surface area contributed by atoms with E-state index in [1.807, 2.05) is 0 Å². The average Bonchev–Trinajstić information content (AvgIpc) is 2.16. The Balaban J connectivity index is 3.17. The quantitative estimate of drug-likeness (QED) is 0.407. The standard InChI is InChI=1S/C12H26S/c1-3-5-6-7-8-10-12(11-13)9-4-2/h12-13H,3-11H2,1-2H3. The highest BCUT2D eigenvalue weighted by Gasteiger charge is 2.04. The van der Waals surface area contributed by atoms with E-state index in [0.29, 0.717) is 0 Å². The number of unbranched alkanes of at least 4 members (excludes halogenated alkanes) is 4. The van der Waals surface area contributed by atoms with Crippen LogP contribution in [0.3, 0.4) is 0 Å². The highest BCUT2D eigenvalue weighted by atomic mass is 32.1. The zero-order chi connectivity index (χ0) is 9.94. The molecule has 13 heavy (non-hydrogen) atoms. The molecule has 0 rings (SSSR count). The van der Waals surface area contributed by atoms with Crippen molar-refractivity contribution >= 4 is 12.6 Å². The van der Waals surface area contributed by atoms with Gasteiger partial charge in [0.1, 0.15) is 0 Å². The maximum Gasteiger partial charge on any atom is -0.00695 e. The van der Waals surface area contributed by atoms with E-state index >= 15 is 0 Å². The van der Waals surface area contributed by atoms with Gasteiger partial charge in [0.25, 0.3) is 0 Å². The molecule has 1 unspecified atom stereocenters. The summed E-state index contributed by atoms with van der Waals surface area (Å²) in [7, 11) is 0. The van der Waals surface area contributed by atoms with Crippen molar-refractivity contribution in [2.75, 3.05) is 5.75 Å². The van der Waals surface area contributed by atoms with E-state index in [4.69, 9.17) is 0 Å². The van der Waals surface area contributed by atoms with Crippen molar-refractivity contribution in [3.05, 3.63) is 0 Å². The summed E-state index contributed by atoms with van der Waals surface area (Å²) in [6.07, 6.45) is 11.2. The van der Waals surface area contributed by atoms with Gasteiger partial charge in [-0.1, -0.05) is 52.4 Å². The van der Waals surface area contributed by atoms with Crippen LogP contribution in [0, 0.1) is 5.92 Å². The summed E-state index contributed by atoms with van der Waals surface area (Å²) in [5, 5.41) is 0. The molecular formula is C12H26S. The Morgan fingerprint density at radius 2 is 1.54 bits per heavy atom. The van der Waals surface area contributed by atoms with Crippen molar-refractivity contribution in [3.8, 4) is 0 Å². The lowest BCUT2D eigenvalue weighted by Crippen LogP contribution is -2.01. The normalized spacial score (nSPS) is 13.2. The average molecular weight is 202 g/mol. The van der Waals surface area contributed by atoms with Crippen LogP contribution >= 0.6 is 12.6 Å². The van der Waals surface area contributed by atoms with Crippen molar-refractivity contribution in [2.24, 2.45) is 5.92 Å². The molecule has 0 aromatic carbocycles. The maximum atomic E-state index is 4.39. The number of thiol groups is 1. The molecule has 0 saturated heterocycles. The largest absolute Gasteiger partial charge is 0.179 e. The van der Waals surface area contributed by atoms with Crippen LogP contribution in [-0.4, -0.2) is 5.75 Å². The first kappa shape index (κ1) is 13.4. The fraction of sp³-hybridized carbons (Fsp3) is 1.00. The Labute approximate surface area is 89.9 Å². The molecule has 0 bridgehead atoms. The van der Waals surface area contributed by atoms with Crippen LogP contribution in [0.5, 0.6) is 0 Å². The second-order valence-electron chi connectivity index (χ2n) is 4.04. The molecule has 0 fully saturated rings. The summed E-state index contributed by atoms with van der Waals surface area (Å²) in [5.74, 6) is 1.97. The van der Waals surface area contributed by atoms with Crippen molar-refractivity contribution in [1.29, 1.82) is 0 Å². The Bertz CT molecular complexity index is 91.1. The zero-order valence-electron chi connectivity index (χ0n) is 9.39. The van der Waals surface area contributed by atoms with E-state index in [9.17, 15) is 0 Å². The van der Waals surface area contributed by atoms with Crippen LogP contribution < -0.4 is 0 Å². The Kier molecular flexibility index (Phi) is 10.7. The lowest BCUT2D eigenvalue weighted by atomic mass is 9.98. The molecule has 1 heteroatoms. The van der Waals surface area contributed by atoms with Crippen LogP contribution in [0.15, 0.2) is 0 Å². The summed E-state index contributed by atoms with van der Waals surface area (Å²) >= 11 is 4.39. The molecule has 80 valence electrons. The summed E-state index contributed by atoms with van der Waals surface area (Å²) in [4.78, 5) is 0. The minimum atomic E-state index is 0.884. The van der Waals surface area contributed by atoms with Gasteiger partial charge in [-0.3, -0.25) is 0 Å². The van der Waals surface area contributed by atoms with Gasteiger partial charge in [0.2, 0.25) is 0 Å². The Morgan fingerprint density at radius 3 is 2.08 bits per heavy atom. The molecule has 1 atom stereocenters. The molecule has 0 heterocycles. The van der Waals surface area contributed by atoms with E-state index < -0.39 is 0 Å². The highest BCUT2D eigenvalue weighted by Crippen LogP contribution is 2.17. The lowest BCUT2D eigenvalue weighted by molar-refractivity contribution is 0.460. The fourth-order valence-electron chi connectivity index (χ4n) is 1.77. The number of hydrogen-bond acceptors (Lipinski definition) is 1. The fourth-order valence-corrected chi connectivity index (χ4v) is 2.14. The highest BCUT2D eigenvalue weighted by molar-refractivity contribution is 7.80. The molecular weight excluding hydrogens is 176 g/mol. The van der Waals surface area contributed by atoms with Crippen molar-refractivity contribution < 1.29 is 0 Å². The summed E-state index contributed by atoms with van der Waals surface area (Å²) in [6, 6.07) is 0. The van der Waals surface area contributed by atoms with Crippen LogP contribution in [0.2, 0.25) is 0 Å². The lowest BCUT2D eigenvalue weighted by Gasteiger charge is -2.12. The third kappa shape index (κ3) is 8.67. The van der Waals surface area contributed by atoms with Crippen molar-refractivity contribution in [1.82, 2.24) is 0 Å². The first-order chi connectivity index (χ1) is 6.35. The Morgan fingerprint density at radius 1 is 0.846 bits per heavy atom. The Hall–Kier alpha value is 0.350. The molecule has 0 aliphatic heterocycles. The number of hydrogen-bond donors (Lipinski definition) is 1. The molecule has 0 nitrogen and oxygen atoms in total. The van der Waals surface area contributed by atoms with Crippen LogP contribution in [0.1, 0.15) is 65.2 Å². The van der Waals surface area contributed by atoms with E-state index in [2.05, 4.69) is 26.5 Å². The van der Waals surface area contributed by atoms with Gasteiger partial charge in [-0.25, -0.2) is 0 Å². The summed E-state index contributed by atoms with van der Waals surface area (Å²) < 4.78 is 0.